The summed E-state index contributed by atoms with van der Waals surface area (Å²) in [7, 11) is -0.769. The Morgan fingerprint density at radius 3 is 2.14 bits per heavy atom. The molecular formula is C11H18O10S. The van der Waals surface area contributed by atoms with Gasteiger partial charge in [-0.3, -0.25) is 8.92 Å². The minimum absolute atomic E-state index is 0.226. The average Bonchev–Trinajstić information content (AvgIpc) is 3.01. The summed E-state index contributed by atoms with van der Waals surface area (Å²) < 4.78 is 64.7. The fraction of sp³-hybridized carbons (Fsp3) is 1.00. The van der Waals surface area contributed by atoms with Crippen LogP contribution < -0.4 is 0 Å². The third-order valence-electron chi connectivity index (χ3n) is 3.47. The Hall–Kier alpha value is -0.370. The zero-order chi connectivity index (χ0) is 15.9. The van der Waals surface area contributed by atoms with E-state index in [1.54, 1.807) is 0 Å². The molecule has 0 aliphatic carbocycles. The van der Waals surface area contributed by atoms with Crippen LogP contribution in [-0.2, 0) is 47.5 Å². The van der Waals surface area contributed by atoms with E-state index in [0.717, 1.165) is 6.26 Å². The fourth-order valence-corrected chi connectivity index (χ4v) is 2.94. The van der Waals surface area contributed by atoms with E-state index in [4.69, 9.17) is 37.3 Å². The Kier molecular flexibility index (Phi) is 4.69. The molecule has 0 aromatic carbocycles. The summed E-state index contributed by atoms with van der Waals surface area (Å²) in [5.74, 6) is 0. The lowest BCUT2D eigenvalue weighted by Crippen LogP contribution is -2.53. The molecule has 0 aromatic heterocycles. The summed E-state index contributed by atoms with van der Waals surface area (Å²) in [5.41, 5.74) is 0. The first-order chi connectivity index (χ1) is 10.4. The smallest absolute Gasteiger partial charge is 0.274 e. The van der Waals surface area contributed by atoms with Crippen LogP contribution in [0.1, 0.15) is 0 Å². The van der Waals surface area contributed by atoms with Gasteiger partial charge in [0.15, 0.2) is 6.29 Å². The number of hydrogen-bond donors (Lipinski definition) is 0. The topological polar surface area (TPSA) is 108 Å². The van der Waals surface area contributed by atoms with Crippen molar-refractivity contribution in [3.05, 3.63) is 0 Å². The van der Waals surface area contributed by atoms with Gasteiger partial charge in [0.1, 0.15) is 24.4 Å². The van der Waals surface area contributed by atoms with E-state index in [1.165, 1.54) is 14.2 Å². The molecule has 7 unspecified atom stereocenters. The van der Waals surface area contributed by atoms with Crippen LogP contribution in [0, 0.1) is 0 Å². The van der Waals surface area contributed by atoms with Crippen LogP contribution in [0.25, 0.3) is 0 Å². The van der Waals surface area contributed by atoms with Crippen LogP contribution in [0.3, 0.4) is 0 Å². The number of fused-ring (bicyclic) bond motifs is 3. The van der Waals surface area contributed by atoms with Crippen LogP contribution in [0.2, 0.25) is 0 Å². The van der Waals surface area contributed by atoms with Gasteiger partial charge < -0.3 is 28.4 Å². The Balaban J connectivity index is 1.71. The molecule has 3 aliphatic rings. The van der Waals surface area contributed by atoms with E-state index in [1.807, 2.05) is 0 Å². The molecule has 0 bridgehead atoms. The lowest BCUT2D eigenvalue weighted by Gasteiger charge is -2.37. The van der Waals surface area contributed by atoms with Crippen molar-refractivity contribution in [2.45, 2.75) is 43.7 Å². The van der Waals surface area contributed by atoms with Gasteiger partial charge in [0.25, 0.3) is 23.1 Å². The SMILES string of the molecule is COC1OC2OC3C(COS(C)(=O)=O)OC(OC)OC3C2O1. The molecule has 0 N–H and O–H groups in total. The van der Waals surface area contributed by atoms with E-state index in [2.05, 4.69) is 0 Å². The second-order valence-electron chi connectivity index (χ2n) is 5.02. The maximum atomic E-state index is 11.1. The van der Waals surface area contributed by atoms with Gasteiger partial charge in [0.2, 0.25) is 0 Å². The van der Waals surface area contributed by atoms with E-state index in [9.17, 15) is 8.42 Å². The molecule has 22 heavy (non-hydrogen) atoms. The molecule has 11 heteroatoms. The predicted octanol–water partition coefficient (Wildman–Crippen LogP) is -1.25. The highest BCUT2D eigenvalue weighted by Crippen LogP contribution is 2.39. The summed E-state index contributed by atoms with van der Waals surface area (Å²) in [5, 5.41) is 0. The summed E-state index contributed by atoms with van der Waals surface area (Å²) in [4.78, 5) is 0. The molecule has 3 aliphatic heterocycles. The second kappa shape index (κ2) is 6.26. The normalized spacial score (nSPS) is 44.8. The molecule has 10 nitrogen and oxygen atoms in total. The van der Waals surface area contributed by atoms with Crippen LogP contribution in [0.15, 0.2) is 0 Å². The summed E-state index contributed by atoms with van der Waals surface area (Å²) >= 11 is 0. The van der Waals surface area contributed by atoms with Crippen LogP contribution in [0.4, 0.5) is 0 Å². The first kappa shape index (κ1) is 16.5. The summed E-state index contributed by atoms with van der Waals surface area (Å²) in [6, 6.07) is 0. The summed E-state index contributed by atoms with van der Waals surface area (Å²) in [6.07, 6.45) is -2.15. The Morgan fingerprint density at radius 1 is 0.864 bits per heavy atom. The largest absolute Gasteiger partial charge is 0.341 e. The first-order valence-corrected chi connectivity index (χ1v) is 8.40. The average molecular weight is 342 g/mol. The van der Waals surface area contributed by atoms with Gasteiger partial charge in [-0.1, -0.05) is 0 Å². The molecule has 0 saturated carbocycles. The van der Waals surface area contributed by atoms with Gasteiger partial charge >= 0.3 is 0 Å². The number of rotatable bonds is 5. The molecule has 3 heterocycles. The van der Waals surface area contributed by atoms with Gasteiger partial charge in [-0.25, -0.2) is 0 Å². The summed E-state index contributed by atoms with van der Waals surface area (Å²) in [6.45, 7) is -2.05. The van der Waals surface area contributed by atoms with Crippen molar-refractivity contribution in [1.29, 1.82) is 0 Å². The highest BCUT2D eigenvalue weighted by molar-refractivity contribution is 7.85. The molecule has 0 spiro atoms. The Labute approximate surface area is 127 Å². The lowest BCUT2D eigenvalue weighted by molar-refractivity contribution is -0.378. The maximum absolute atomic E-state index is 11.1. The van der Waals surface area contributed by atoms with E-state index in [-0.39, 0.29) is 6.61 Å². The lowest BCUT2D eigenvalue weighted by atomic mass is 10.1. The van der Waals surface area contributed by atoms with Crippen molar-refractivity contribution < 1.29 is 45.8 Å². The maximum Gasteiger partial charge on any atom is 0.274 e. The minimum Gasteiger partial charge on any atom is -0.341 e. The van der Waals surface area contributed by atoms with Crippen molar-refractivity contribution in [3.8, 4) is 0 Å². The molecule has 3 fully saturated rings. The predicted molar refractivity (Wildman–Crippen MR) is 66.8 cm³/mol. The van der Waals surface area contributed by atoms with Gasteiger partial charge in [0.05, 0.1) is 12.9 Å². The van der Waals surface area contributed by atoms with E-state index >= 15 is 0 Å². The highest BCUT2D eigenvalue weighted by atomic mass is 32.2. The molecule has 0 radical (unpaired) electrons. The Bertz CT molecular complexity index is 495. The second-order valence-corrected chi connectivity index (χ2v) is 6.66. The number of ether oxygens (including phenoxy) is 7. The van der Waals surface area contributed by atoms with E-state index in [0.29, 0.717) is 0 Å². The van der Waals surface area contributed by atoms with Gasteiger partial charge in [0, 0.05) is 14.2 Å². The zero-order valence-corrected chi connectivity index (χ0v) is 13.1. The molecule has 3 saturated heterocycles. The Morgan fingerprint density at radius 2 is 1.50 bits per heavy atom. The molecule has 7 atom stereocenters. The van der Waals surface area contributed by atoms with Crippen molar-refractivity contribution in [2.24, 2.45) is 0 Å². The fourth-order valence-electron chi connectivity index (χ4n) is 2.55. The van der Waals surface area contributed by atoms with Gasteiger partial charge in [-0.15, -0.1) is 0 Å². The third-order valence-corrected chi connectivity index (χ3v) is 4.04. The van der Waals surface area contributed by atoms with Crippen molar-refractivity contribution in [1.82, 2.24) is 0 Å². The molecule has 128 valence electrons. The van der Waals surface area contributed by atoms with Crippen molar-refractivity contribution >= 4 is 10.1 Å². The highest BCUT2D eigenvalue weighted by Gasteiger charge is 2.58. The van der Waals surface area contributed by atoms with E-state index < -0.39 is 53.8 Å². The molecular weight excluding hydrogens is 324 g/mol. The number of hydrogen-bond acceptors (Lipinski definition) is 10. The van der Waals surface area contributed by atoms with Crippen LogP contribution in [0.5, 0.6) is 0 Å². The monoisotopic (exact) mass is 342 g/mol. The molecule has 3 rings (SSSR count). The quantitative estimate of drug-likeness (QED) is 0.562. The minimum atomic E-state index is -3.61. The number of methoxy groups -OCH3 is 2. The molecule has 0 amide bonds. The first-order valence-electron chi connectivity index (χ1n) is 6.58. The van der Waals surface area contributed by atoms with Crippen LogP contribution >= 0.6 is 0 Å². The van der Waals surface area contributed by atoms with Gasteiger partial charge in [-0.05, 0) is 0 Å². The zero-order valence-electron chi connectivity index (χ0n) is 12.2. The van der Waals surface area contributed by atoms with Gasteiger partial charge in [-0.2, -0.15) is 8.42 Å². The van der Waals surface area contributed by atoms with Crippen LogP contribution in [-0.4, -0.2) is 79.2 Å². The molecule has 0 aromatic rings. The van der Waals surface area contributed by atoms with Crippen molar-refractivity contribution in [2.75, 3.05) is 27.1 Å². The standard InChI is InChI=1S/C11H18O10S/c1-14-10-17-5(4-16-22(3,12)13)6-7(19-10)8-9(18-6)21-11(15-2)20-8/h5-11H,4H2,1-3H3. The van der Waals surface area contributed by atoms with Crippen molar-refractivity contribution in [3.63, 3.8) is 0 Å². The third kappa shape index (κ3) is 3.27.